The molecule has 1 aromatic heterocycles. The van der Waals surface area contributed by atoms with Crippen LogP contribution >= 0.6 is 11.3 Å². The summed E-state index contributed by atoms with van der Waals surface area (Å²) in [5.41, 5.74) is 2.19. The first-order valence-electron chi connectivity index (χ1n) is 9.74. The van der Waals surface area contributed by atoms with Crippen molar-refractivity contribution in [2.45, 2.75) is 37.6 Å². The molecule has 10 heteroatoms. The average molecular weight is 461 g/mol. The second-order valence-electron chi connectivity index (χ2n) is 7.50. The standard InChI is InChI=1S/C21H21FN4O3S2/c1-13-10-14(2)12-17(11-13)31(28,29)26-9-3-4-18(26)20-24-25-21(30-20)19(27)23-16-7-5-15(22)6-8-16/h5-8,10-12,18H,3-4,9H2,1-2H3,(H,23,27)/t18-/m1/s1. The summed E-state index contributed by atoms with van der Waals surface area (Å²) < 4.78 is 41.1. The Labute approximate surface area is 184 Å². The van der Waals surface area contributed by atoms with Crippen LogP contribution in [-0.2, 0) is 10.0 Å². The van der Waals surface area contributed by atoms with E-state index >= 15 is 0 Å². The molecule has 1 aliphatic rings. The summed E-state index contributed by atoms with van der Waals surface area (Å²) in [4.78, 5) is 12.7. The molecule has 1 N–H and O–H groups in total. The molecular weight excluding hydrogens is 439 g/mol. The van der Waals surface area contributed by atoms with E-state index in [-0.39, 0.29) is 9.90 Å². The Hall–Kier alpha value is -2.69. The fraction of sp³-hybridized carbons (Fsp3) is 0.286. The Morgan fingerprint density at radius 1 is 1.13 bits per heavy atom. The fourth-order valence-corrected chi connectivity index (χ4v) is 6.47. The van der Waals surface area contributed by atoms with Crippen LogP contribution < -0.4 is 5.32 Å². The molecule has 7 nitrogen and oxygen atoms in total. The van der Waals surface area contributed by atoms with Crippen molar-refractivity contribution < 1.29 is 17.6 Å². The van der Waals surface area contributed by atoms with Crippen LogP contribution in [0.2, 0.25) is 0 Å². The van der Waals surface area contributed by atoms with Gasteiger partial charge in [-0.05, 0) is 74.2 Å². The zero-order chi connectivity index (χ0) is 22.2. The molecule has 0 radical (unpaired) electrons. The van der Waals surface area contributed by atoms with Crippen molar-refractivity contribution in [3.8, 4) is 0 Å². The summed E-state index contributed by atoms with van der Waals surface area (Å²) in [7, 11) is -3.71. The monoisotopic (exact) mass is 460 g/mol. The Morgan fingerprint density at radius 2 is 1.81 bits per heavy atom. The van der Waals surface area contributed by atoms with Gasteiger partial charge in [-0.25, -0.2) is 12.8 Å². The lowest BCUT2D eigenvalue weighted by Gasteiger charge is -2.22. The molecule has 31 heavy (non-hydrogen) atoms. The number of aromatic nitrogens is 2. The lowest BCUT2D eigenvalue weighted by atomic mass is 10.2. The largest absolute Gasteiger partial charge is 0.320 e. The van der Waals surface area contributed by atoms with Crippen LogP contribution in [0.25, 0.3) is 0 Å². The fourth-order valence-electron chi connectivity index (χ4n) is 3.67. The van der Waals surface area contributed by atoms with E-state index in [4.69, 9.17) is 0 Å². The van der Waals surface area contributed by atoms with Crippen LogP contribution in [0.3, 0.4) is 0 Å². The number of halogens is 1. The molecule has 0 bridgehead atoms. The number of nitrogens with zero attached hydrogens (tertiary/aromatic N) is 3. The van der Waals surface area contributed by atoms with E-state index in [0.717, 1.165) is 22.5 Å². The number of benzene rings is 2. The summed E-state index contributed by atoms with van der Waals surface area (Å²) >= 11 is 1.07. The van der Waals surface area contributed by atoms with Crippen LogP contribution in [0.5, 0.6) is 0 Å². The van der Waals surface area contributed by atoms with Crippen molar-refractivity contribution in [2.75, 3.05) is 11.9 Å². The Bertz CT molecular complexity index is 1210. The van der Waals surface area contributed by atoms with E-state index in [1.165, 1.54) is 28.6 Å². The van der Waals surface area contributed by atoms with Crippen LogP contribution in [0.15, 0.2) is 47.4 Å². The number of carbonyl (C=O) groups is 1. The van der Waals surface area contributed by atoms with Gasteiger partial charge in [0, 0.05) is 12.2 Å². The average Bonchev–Trinajstić information content (AvgIpc) is 3.38. The zero-order valence-electron chi connectivity index (χ0n) is 17.0. The number of amides is 1. The van der Waals surface area contributed by atoms with Gasteiger partial charge in [0.1, 0.15) is 10.8 Å². The third-order valence-corrected chi connectivity index (χ3v) is 7.94. The minimum atomic E-state index is -3.71. The minimum absolute atomic E-state index is 0.120. The molecule has 1 saturated heterocycles. The van der Waals surface area contributed by atoms with E-state index < -0.39 is 27.8 Å². The molecule has 4 rings (SSSR count). The van der Waals surface area contributed by atoms with Crippen LogP contribution in [0, 0.1) is 19.7 Å². The van der Waals surface area contributed by atoms with Crippen LogP contribution in [-0.4, -0.2) is 35.4 Å². The summed E-state index contributed by atoms with van der Waals surface area (Å²) in [6.45, 7) is 4.12. The first-order chi connectivity index (χ1) is 14.7. The first-order valence-corrected chi connectivity index (χ1v) is 12.0. The van der Waals surface area contributed by atoms with Crippen molar-refractivity contribution >= 4 is 33.0 Å². The number of rotatable bonds is 5. The number of hydrogen-bond donors (Lipinski definition) is 1. The number of hydrogen-bond acceptors (Lipinski definition) is 6. The molecule has 0 aliphatic carbocycles. The number of sulfonamides is 1. The van der Waals surface area contributed by atoms with Crippen molar-refractivity contribution in [3.63, 3.8) is 0 Å². The van der Waals surface area contributed by atoms with Crippen molar-refractivity contribution in [2.24, 2.45) is 0 Å². The normalized spacial score (nSPS) is 17.1. The summed E-state index contributed by atoms with van der Waals surface area (Å²) in [5, 5.41) is 11.3. The van der Waals surface area contributed by atoms with Crippen molar-refractivity contribution in [3.05, 3.63) is 69.4 Å². The summed E-state index contributed by atoms with van der Waals surface area (Å²) in [6.07, 6.45) is 1.31. The molecule has 2 heterocycles. The maximum Gasteiger partial charge on any atom is 0.286 e. The van der Waals surface area contributed by atoms with Gasteiger partial charge in [-0.15, -0.1) is 10.2 Å². The highest BCUT2D eigenvalue weighted by Gasteiger charge is 2.38. The molecule has 1 amide bonds. The Morgan fingerprint density at radius 3 is 2.48 bits per heavy atom. The van der Waals surface area contributed by atoms with Gasteiger partial charge in [0.2, 0.25) is 15.0 Å². The minimum Gasteiger partial charge on any atom is -0.320 e. The van der Waals surface area contributed by atoms with Gasteiger partial charge in [-0.3, -0.25) is 4.79 Å². The molecule has 0 spiro atoms. The van der Waals surface area contributed by atoms with Gasteiger partial charge in [-0.1, -0.05) is 17.4 Å². The predicted octanol–water partition coefficient (Wildman–Crippen LogP) is 4.07. The molecule has 162 valence electrons. The van der Waals surface area contributed by atoms with E-state index in [1.807, 2.05) is 19.9 Å². The van der Waals surface area contributed by atoms with Gasteiger partial charge < -0.3 is 5.32 Å². The van der Waals surface area contributed by atoms with Gasteiger partial charge in [-0.2, -0.15) is 4.31 Å². The molecule has 1 fully saturated rings. The van der Waals surface area contributed by atoms with Gasteiger partial charge in [0.15, 0.2) is 0 Å². The smallest absolute Gasteiger partial charge is 0.286 e. The van der Waals surface area contributed by atoms with Gasteiger partial charge >= 0.3 is 0 Å². The Balaban J connectivity index is 1.56. The topological polar surface area (TPSA) is 92.3 Å². The molecule has 0 unspecified atom stereocenters. The van der Waals surface area contributed by atoms with Crippen molar-refractivity contribution in [1.29, 1.82) is 0 Å². The van der Waals surface area contributed by atoms with Gasteiger partial charge in [0.25, 0.3) is 5.91 Å². The van der Waals surface area contributed by atoms with E-state index in [2.05, 4.69) is 15.5 Å². The second-order valence-corrected chi connectivity index (χ2v) is 10.4. The lowest BCUT2D eigenvalue weighted by molar-refractivity contribution is 0.102. The third-order valence-electron chi connectivity index (χ3n) is 5.03. The lowest BCUT2D eigenvalue weighted by Crippen LogP contribution is -2.30. The van der Waals surface area contributed by atoms with Crippen LogP contribution in [0.4, 0.5) is 10.1 Å². The summed E-state index contributed by atoms with van der Waals surface area (Å²) in [6, 6.07) is 10.2. The number of aryl methyl sites for hydroxylation is 2. The van der Waals surface area contributed by atoms with E-state index in [0.29, 0.717) is 30.1 Å². The first kappa shape index (κ1) is 21.5. The Kier molecular flexibility index (Phi) is 5.87. The number of anilines is 1. The molecule has 1 aliphatic heterocycles. The second kappa shape index (κ2) is 8.45. The van der Waals surface area contributed by atoms with Crippen LogP contribution in [0.1, 0.15) is 44.8 Å². The highest BCUT2D eigenvalue weighted by Crippen LogP contribution is 2.38. The zero-order valence-corrected chi connectivity index (χ0v) is 18.6. The maximum absolute atomic E-state index is 13.3. The highest BCUT2D eigenvalue weighted by atomic mass is 32.2. The predicted molar refractivity (Wildman–Crippen MR) is 116 cm³/mol. The van der Waals surface area contributed by atoms with Gasteiger partial charge in [0.05, 0.1) is 10.9 Å². The molecule has 1 atom stereocenters. The van der Waals surface area contributed by atoms with E-state index in [1.54, 1.807) is 12.1 Å². The molecule has 2 aromatic carbocycles. The number of nitrogens with one attached hydrogen (secondary N) is 1. The highest BCUT2D eigenvalue weighted by molar-refractivity contribution is 7.89. The molecule has 0 saturated carbocycles. The molecular formula is C21H21FN4O3S2. The third kappa shape index (κ3) is 4.51. The SMILES string of the molecule is Cc1cc(C)cc(S(=O)(=O)N2CCC[C@@H]2c2nnc(C(=O)Nc3ccc(F)cc3)s2)c1. The van der Waals surface area contributed by atoms with E-state index in [9.17, 15) is 17.6 Å². The summed E-state index contributed by atoms with van der Waals surface area (Å²) in [5.74, 6) is -0.875. The molecule has 3 aromatic rings. The van der Waals surface area contributed by atoms with Crippen molar-refractivity contribution in [1.82, 2.24) is 14.5 Å². The maximum atomic E-state index is 13.3. The number of carbonyl (C=O) groups excluding carboxylic acids is 1. The quantitative estimate of drug-likeness (QED) is 0.620.